The Labute approximate surface area is 205 Å². The van der Waals surface area contributed by atoms with Gasteiger partial charge in [-0.05, 0) is 37.3 Å². The molecule has 0 unspecified atom stereocenters. The molecule has 0 spiro atoms. The fourth-order valence-electron chi connectivity index (χ4n) is 3.34. The number of nitrogens with zero attached hydrogens (tertiary/aromatic N) is 6. The molecule has 0 radical (unpaired) electrons. The minimum Gasteiger partial charge on any atom is -0.317 e. The Hall–Kier alpha value is -3.91. The third-order valence-electron chi connectivity index (χ3n) is 5.08. The Bertz CT molecular complexity index is 1510. The Balaban J connectivity index is 1.93. The van der Waals surface area contributed by atoms with Crippen LogP contribution < -0.4 is 4.80 Å². The molecule has 0 bridgehead atoms. The van der Waals surface area contributed by atoms with E-state index in [9.17, 15) is 23.3 Å². The zero-order valence-corrected chi connectivity index (χ0v) is 20.3. The second kappa shape index (κ2) is 11.0. The van der Waals surface area contributed by atoms with E-state index in [1.165, 1.54) is 36.4 Å². The van der Waals surface area contributed by atoms with E-state index >= 15 is 0 Å². The third-order valence-corrected chi connectivity index (χ3v) is 8.03. The topological polar surface area (TPSA) is 162 Å². The zero-order chi connectivity index (χ0) is 25.6. The van der Waals surface area contributed by atoms with Crippen molar-refractivity contribution in [3.8, 4) is 12.1 Å². The molecule has 0 atom stereocenters. The van der Waals surface area contributed by atoms with Gasteiger partial charge >= 0.3 is 0 Å². The summed E-state index contributed by atoms with van der Waals surface area (Å²) >= 11 is 1.15. The van der Waals surface area contributed by atoms with E-state index < -0.39 is 20.9 Å². The first-order valence-electron chi connectivity index (χ1n) is 10.4. The summed E-state index contributed by atoms with van der Waals surface area (Å²) in [6.45, 7) is 2.26. The molecule has 0 saturated heterocycles. The number of benzene rings is 2. The molecule has 180 valence electrons. The Kier molecular flexibility index (Phi) is 8.09. The van der Waals surface area contributed by atoms with Gasteiger partial charge in [-0.3, -0.25) is 14.9 Å². The lowest BCUT2D eigenvalue weighted by molar-refractivity contribution is -0.384. The van der Waals surface area contributed by atoms with Crippen molar-refractivity contribution in [1.82, 2.24) is 8.87 Å². The summed E-state index contributed by atoms with van der Waals surface area (Å²) in [4.78, 5) is 27.8. The largest absolute Gasteiger partial charge is 0.317 e. The van der Waals surface area contributed by atoms with Crippen LogP contribution in [0.5, 0.6) is 0 Å². The van der Waals surface area contributed by atoms with Gasteiger partial charge in [0.15, 0.2) is 4.80 Å². The molecule has 0 aliphatic carbocycles. The van der Waals surface area contributed by atoms with Crippen LogP contribution >= 0.6 is 11.3 Å². The number of non-ortho nitro benzene ring substituents is 1. The van der Waals surface area contributed by atoms with Crippen LogP contribution in [0.15, 0.2) is 52.4 Å². The lowest BCUT2D eigenvalue weighted by Gasteiger charge is -2.20. The smallest absolute Gasteiger partial charge is 0.279 e. The molecule has 1 heterocycles. The highest BCUT2D eigenvalue weighted by Gasteiger charge is 2.24. The first kappa shape index (κ1) is 25.7. The van der Waals surface area contributed by atoms with E-state index in [0.29, 0.717) is 21.6 Å². The van der Waals surface area contributed by atoms with Gasteiger partial charge in [-0.2, -0.15) is 19.8 Å². The average molecular weight is 513 g/mol. The number of fused-ring (bicyclic) bond motifs is 1. The van der Waals surface area contributed by atoms with Crippen molar-refractivity contribution < 1.29 is 18.1 Å². The summed E-state index contributed by atoms with van der Waals surface area (Å²) in [6.07, 6.45) is -0.0360. The molecule has 1 amide bonds. The van der Waals surface area contributed by atoms with E-state index in [2.05, 4.69) is 4.99 Å². The van der Waals surface area contributed by atoms with E-state index in [1.54, 1.807) is 10.6 Å². The number of rotatable bonds is 9. The molecule has 11 nitrogen and oxygen atoms in total. The molecule has 0 aliphatic rings. The highest BCUT2D eigenvalue weighted by atomic mass is 32.2. The van der Waals surface area contributed by atoms with Gasteiger partial charge in [0.1, 0.15) is 0 Å². The van der Waals surface area contributed by atoms with Gasteiger partial charge in [0.05, 0.1) is 32.2 Å². The van der Waals surface area contributed by atoms with Crippen LogP contribution in [0, 0.1) is 32.8 Å². The van der Waals surface area contributed by atoms with Gasteiger partial charge in [0.2, 0.25) is 10.0 Å². The second-order valence-electron chi connectivity index (χ2n) is 7.20. The highest BCUT2D eigenvalue weighted by molar-refractivity contribution is 7.89. The van der Waals surface area contributed by atoms with Crippen LogP contribution in [0.4, 0.5) is 5.69 Å². The number of aromatic nitrogens is 1. The molecule has 35 heavy (non-hydrogen) atoms. The Morgan fingerprint density at radius 3 is 2.31 bits per heavy atom. The summed E-state index contributed by atoms with van der Waals surface area (Å²) in [5.74, 6) is -0.594. The molecular weight excluding hydrogens is 492 g/mol. The lowest BCUT2D eigenvalue weighted by Crippen LogP contribution is -2.32. The number of nitro groups is 1. The van der Waals surface area contributed by atoms with Crippen LogP contribution in [0.2, 0.25) is 0 Å². The molecule has 0 N–H and O–H groups in total. The van der Waals surface area contributed by atoms with Crippen LogP contribution in [-0.4, -0.2) is 41.2 Å². The van der Waals surface area contributed by atoms with Gasteiger partial charge in [-0.25, -0.2) is 8.42 Å². The zero-order valence-electron chi connectivity index (χ0n) is 18.6. The number of nitriles is 2. The van der Waals surface area contributed by atoms with Crippen LogP contribution in [0.3, 0.4) is 0 Å². The molecule has 13 heteroatoms. The highest BCUT2D eigenvalue weighted by Crippen LogP contribution is 2.23. The predicted octanol–water partition coefficient (Wildman–Crippen LogP) is 3.19. The lowest BCUT2D eigenvalue weighted by atomic mass is 10.2. The number of hydrogen-bond donors (Lipinski definition) is 0. The summed E-state index contributed by atoms with van der Waals surface area (Å²) < 4.78 is 29.3. The number of amides is 1. The number of aryl methyl sites for hydroxylation is 1. The van der Waals surface area contributed by atoms with Crippen LogP contribution in [0.1, 0.15) is 30.1 Å². The number of carbonyl (C=O) groups excluding carboxylic acids is 1. The Morgan fingerprint density at radius 1 is 1.14 bits per heavy atom. The van der Waals surface area contributed by atoms with E-state index in [0.717, 1.165) is 15.6 Å². The van der Waals surface area contributed by atoms with E-state index in [4.69, 9.17) is 10.5 Å². The van der Waals surface area contributed by atoms with Crippen LogP contribution in [0.25, 0.3) is 10.2 Å². The quantitative estimate of drug-likeness (QED) is 0.314. The van der Waals surface area contributed by atoms with Crippen LogP contribution in [-0.2, 0) is 16.6 Å². The number of sulfonamides is 1. The van der Waals surface area contributed by atoms with Gasteiger partial charge < -0.3 is 4.57 Å². The third kappa shape index (κ3) is 5.60. The minimum atomic E-state index is -3.95. The molecule has 2 aromatic carbocycles. The first-order valence-corrected chi connectivity index (χ1v) is 12.7. The number of hydrogen-bond acceptors (Lipinski definition) is 8. The molecule has 0 aliphatic heterocycles. The monoisotopic (exact) mass is 512 g/mol. The van der Waals surface area contributed by atoms with Crippen molar-refractivity contribution in [3.05, 3.63) is 62.9 Å². The number of thiazole rings is 1. The van der Waals surface area contributed by atoms with Gasteiger partial charge in [-0.15, -0.1) is 0 Å². The summed E-state index contributed by atoms with van der Waals surface area (Å²) in [6, 6.07) is 13.5. The summed E-state index contributed by atoms with van der Waals surface area (Å²) in [5.41, 5.74) is 0.817. The number of nitro benzene ring substituents is 1. The fourth-order valence-corrected chi connectivity index (χ4v) is 5.90. The maximum absolute atomic E-state index is 12.9. The van der Waals surface area contributed by atoms with Crippen molar-refractivity contribution in [2.75, 3.05) is 13.1 Å². The van der Waals surface area contributed by atoms with Gasteiger partial charge in [-0.1, -0.05) is 11.3 Å². The molecule has 0 fully saturated rings. The second-order valence-corrected chi connectivity index (χ2v) is 10.1. The van der Waals surface area contributed by atoms with Gasteiger partial charge in [0, 0.05) is 50.2 Å². The summed E-state index contributed by atoms with van der Waals surface area (Å²) in [5, 5.41) is 28.7. The van der Waals surface area contributed by atoms with Crippen molar-refractivity contribution >= 4 is 43.2 Å². The van der Waals surface area contributed by atoms with E-state index in [-0.39, 0.29) is 42.1 Å². The Morgan fingerprint density at radius 2 is 1.77 bits per heavy atom. The fraction of sp³-hybridized carbons (Fsp3) is 0.273. The molecule has 1 aromatic heterocycles. The van der Waals surface area contributed by atoms with Crippen molar-refractivity contribution in [1.29, 1.82) is 10.5 Å². The molecular formula is C22H20N6O5S2. The number of carbonyl (C=O) groups is 1. The summed E-state index contributed by atoms with van der Waals surface area (Å²) in [7, 11) is -3.95. The standard InChI is InChI=1S/C22H20N6O5S2/c1-2-27-19-10-7-17(28(30)31)15-20(19)34-22(27)25-21(29)16-5-8-18(9-6-16)35(32,33)26(13-3-11-23)14-4-12-24/h5-10,15H,2-4,13-14H2,1H3. The normalized spacial score (nSPS) is 11.9. The SMILES string of the molecule is CCn1c(=NC(=O)c2ccc(S(=O)(=O)N(CCC#N)CCC#N)cc2)sc2cc([N+](=O)[O-])ccc21. The van der Waals surface area contributed by atoms with Crippen molar-refractivity contribution in [2.45, 2.75) is 31.2 Å². The van der Waals surface area contributed by atoms with Gasteiger partial charge in [0.25, 0.3) is 11.6 Å². The molecule has 0 saturated carbocycles. The molecule has 3 aromatic rings. The maximum Gasteiger partial charge on any atom is 0.279 e. The average Bonchev–Trinajstić information content (AvgIpc) is 3.19. The predicted molar refractivity (Wildman–Crippen MR) is 128 cm³/mol. The van der Waals surface area contributed by atoms with Crippen molar-refractivity contribution in [3.63, 3.8) is 0 Å². The maximum atomic E-state index is 12.9. The molecule has 3 rings (SSSR count). The van der Waals surface area contributed by atoms with E-state index in [1.807, 2.05) is 19.1 Å². The first-order chi connectivity index (χ1) is 16.7. The minimum absolute atomic E-state index is 0.0180. The van der Waals surface area contributed by atoms with Crippen molar-refractivity contribution in [2.24, 2.45) is 4.99 Å².